The zero-order valence-corrected chi connectivity index (χ0v) is 14.6. The molecule has 0 saturated carbocycles. The van der Waals surface area contributed by atoms with E-state index >= 15 is 0 Å². The fourth-order valence-corrected chi connectivity index (χ4v) is 2.24. The van der Waals surface area contributed by atoms with Crippen LogP contribution in [0.5, 0.6) is 0 Å². The maximum absolute atomic E-state index is 12.3. The molecule has 0 saturated heterocycles. The number of nitro groups is 1. The lowest BCUT2D eigenvalue weighted by molar-refractivity contribution is -0.384. The number of esters is 3. The van der Waals surface area contributed by atoms with Crippen LogP contribution in [0.1, 0.15) is 38.3 Å². The molecule has 1 aromatic heterocycles. The molecule has 2 rings (SSSR count). The summed E-state index contributed by atoms with van der Waals surface area (Å²) in [6.45, 7) is 1.57. The Morgan fingerprint density at radius 1 is 1.07 bits per heavy atom. The molecule has 0 aliphatic carbocycles. The zero-order valence-electron chi connectivity index (χ0n) is 14.6. The largest absolute Gasteiger partial charge is 0.465 e. The molecule has 0 N–H and O–H groups in total. The minimum Gasteiger partial charge on any atom is -0.465 e. The number of hydrogen-bond donors (Lipinski definition) is 0. The topological polar surface area (TPSA) is 140 Å². The van der Waals surface area contributed by atoms with Crippen LogP contribution in [0.25, 0.3) is 5.69 Å². The van der Waals surface area contributed by atoms with Gasteiger partial charge in [-0.05, 0) is 19.1 Å². The normalized spacial score (nSPS) is 10.2. The average molecular weight is 377 g/mol. The number of aromatic nitrogens is 2. The van der Waals surface area contributed by atoms with Crippen molar-refractivity contribution in [2.24, 2.45) is 0 Å². The van der Waals surface area contributed by atoms with E-state index in [9.17, 15) is 24.5 Å². The number of nitro benzene ring substituents is 1. The van der Waals surface area contributed by atoms with Gasteiger partial charge in [0.15, 0.2) is 11.4 Å². The lowest BCUT2D eigenvalue weighted by atomic mass is 10.1. The SMILES string of the molecule is CCOC(=O)c1nn(-c2ccc([N+](=O)[O-])cc2)c(C(=O)OC)c1C(=O)OC. The van der Waals surface area contributed by atoms with Gasteiger partial charge in [0.1, 0.15) is 5.56 Å². The summed E-state index contributed by atoms with van der Waals surface area (Å²) in [4.78, 5) is 46.9. The van der Waals surface area contributed by atoms with Crippen LogP contribution >= 0.6 is 0 Å². The third-order valence-corrected chi connectivity index (χ3v) is 3.43. The van der Waals surface area contributed by atoms with Crippen LogP contribution in [-0.4, -0.2) is 53.4 Å². The highest BCUT2D eigenvalue weighted by Crippen LogP contribution is 2.23. The predicted octanol–water partition coefficient (Wildman–Crippen LogP) is 1.53. The molecule has 0 unspecified atom stereocenters. The molecule has 0 aliphatic rings. The first-order chi connectivity index (χ1) is 12.8. The van der Waals surface area contributed by atoms with Crippen LogP contribution in [0.4, 0.5) is 5.69 Å². The Morgan fingerprint density at radius 2 is 1.67 bits per heavy atom. The van der Waals surface area contributed by atoms with E-state index in [2.05, 4.69) is 14.6 Å². The molecule has 11 heteroatoms. The van der Waals surface area contributed by atoms with Crippen molar-refractivity contribution in [1.29, 1.82) is 0 Å². The number of rotatable bonds is 6. The first-order valence-corrected chi connectivity index (χ1v) is 7.57. The van der Waals surface area contributed by atoms with E-state index in [4.69, 9.17) is 4.74 Å². The summed E-state index contributed by atoms with van der Waals surface area (Å²) in [5.74, 6) is -2.90. The minimum atomic E-state index is -0.994. The first kappa shape index (κ1) is 19.6. The summed E-state index contributed by atoms with van der Waals surface area (Å²) in [5.41, 5.74) is -1.25. The quantitative estimate of drug-likeness (QED) is 0.317. The molecule has 0 spiro atoms. The van der Waals surface area contributed by atoms with E-state index in [1.165, 1.54) is 24.3 Å². The van der Waals surface area contributed by atoms with E-state index in [1.54, 1.807) is 6.92 Å². The van der Waals surface area contributed by atoms with Gasteiger partial charge in [-0.15, -0.1) is 0 Å². The van der Waals surface area contributed by atoms with Gasteiger partial charge in [-0.2, -0.15) is 5.10 Å². The van der Waals surface area contributed by atoms with Crippen molar-refractivity contribution < 1.29 is 33.5 Å². The third-order valence-electron chi connectivity index (χ3n) is 3.43. The Bertz CT molecular complexity index is 901. The summed E-state index contributed by atoms with van der Waals surface area (Å²) >= 11 is 0. The van der Waals surface area contributed by atoms with Crippen molar-refractivity contribution in [1.82, 2.24) is 9.78 Å². The Balaban J connectivity index is 2.75. The maximum atomic E-state index is 12.3. The number of methoxy groups -OCH3 is 2. The van der Waals surface area contributed by atoms with Gasteiger partial charge in [0.2, 0.25) is 0 Å². The number of carbonyl (C=O) groups is 3. The number of carbonyl (C=O) groups excluding carboxylic acids is 3. The summed E-state index contributed by atoms with van der Waals surface area (Å²) in [5, 5.41) is 14.8. The van der Waals surface area contributed by atoms with Gasteiger partial charge >= 0.3 is 17.9 Å². The molecular formula is C16H15N3O8. The smallest absolute Gasteiger partial charge is 0.359 e. The summed E-state index contributed by atoms with van der Waals surface area (Å²) < 4.78 is 15.2. The molecular weight excluding hydrogens is 362 g/mol. The molecule has 0 aliphatic heterocycles. The maximum Gasteiger partial charge on any atom is 0.359 e. The number of non-ortho nitro benzene ring substituents is 1. The number of benzene rings is 1. The van der Waals surface area contributed by atoms with Gasteiger partial charge in [0.25, 0.3) is 5.69 Å². The van der Waals surface area contributed by atoms with Gasteiger partial charge in [-0.1, -0.05) is 0 Å². The minimum absolute atomic E-state index is 0.0113. The van der Waals surface area contributed by atoms with E-state index in [0.717, 1.165) is 18.9 Å². The van der Waals surface area contributed by atoms with Crippen LogP contribution in [0.2, 0.25) is 0 Å². The zero-order chi connectivity index (χ0) is 20.1. The third kappa shape index (κ3) is 3.76. The number of ether oxygens (including phenoxy) is 3. The second-order valence-corrected chi connectivity index (χ2v) is 4.96. The van der Waals surface area contributed by atoms with Crippen LogP contribution in [-0.2, 0) is 14.2 Å². The van der Waals surface area contributed by atoms with Crippen molar-refractivity contribution >= 4 is 23.6 Å². The molecule has 1 aromatic carbocycles. The van der Waals surface area contributed by atoms with Gasteiger partial charge in [0.05, 0.1) is 31.4 Å². The van der Waals surface area contributed by atoms with Gasteiger partial charge in [0, 0.05) is 12.1 Å². The molecule has 1 heterocycles. The fourth-order valence-electron chi connectivity index (χ4n) is 2.24. The van der Waals surface area contributed by atoms with E-state index < -0.39 is 34.1 Å². The van der Waals surface area contributed by atoms with Gasteiger partial charge < -0.3 is 14.2 Å². The second kappa shape index (κ2) is 8.08. The molecule has 0 radical (unpaired) electrons. The summed E-state index contributed by atoms with van der Waals surface area (Å²) in [6.07, 6.45) is 0. The molecule has 0 bridgehead atoms. The molecule has 142 valence electrons. The summed E-state index contributed by atoms with van der Waals surface area (Å²) in [7, 11) is 2.15. The standard InChI is InChI=1S/C16H15N3O8/c1-4-27-15(21)12-11(14(20)25-2)13(16(22)26-3)18(17-12)9-5-7-10(8-6-9)19(23)24/h5-8H,4H2,1-3H3. The van der Waals surface area contributed by atoms with Crippen LogP contribution in [0.15, 0.2) is 24.3 Å². The molecule has 27 heavy (non-hydrogen) atoms. The monoisotopic (exact) mass is 377 g/mol. The molecule has 0 amide bonds. The lowest BCUT2D eigenvalue weighted by Gasteiger charge is -2.07. The lowest BCUT2D eigenvalue weighted by Crippen LogP contribution is -2.17. The van der Waals surface area contributed by atoms with E-state index in [0.29, 0.717) is 0 Å². The van der Waals surface area contributed by atoms with Crippen molar-refractivity contribution in [3.8, 4) is 5.69 Å². The molecule has 2 aromatic rings. The molecule has 0 fully saturated rings. The Morgan fingerprint density at radius 3 is 2.15 bits per heavy atom. The van der Waals surface area contributed by atoms with Crippen molar-refractivity contribution in [3.63, 3.8) is 0 Å². The highest BCUT2D eigenvalue weighted by atomic mass is 16.6. The number of hydrogen-bond acceptors (Lipinski definition) is 9. The Kier molecular flexibility index (Phi) is 5.85. The fraction of sp³-hybridized carbons (Fsp3) is 0.250. The first-order valence-electron chi connectivity index (χ1n) is 7.57. The van der Waals surface area contributed by atoms with Crippen LogP contribution in [0, 0.1) is 10.1 Å². The highest BCUT2D eigenvalue weighted by molar-refractivity contribution is 6.09. The summed E-state index contributed by atoms with van der Waals surface area (Å²) in [6, 6.07) is 4.96. The van der Waals surface area contributed by atoms with Crippen LogP contribution < -0.4 is 0 Å². The molecule has 0 atom stereocenters. The Hall–Kier alpha value is -3.76. The van der Waals surface area contributed by atoms with Gasteiger partial charge in [-0.3, -0.25) is 10.1 Å². The Labute approximate surface area is 152 Å². The van der Waals surface area contributed by atoms with Crippen molar-refractivity contribution in [3.05, 3.63) is 51.3 Å². The van der Waals surface area contributed by atoms with E-state index in [1.807, 2.05) is 0 Å². The average Bonchev–Trinajstić information content (AvgIpc) is 3.07. The highest BCUT2D eigenvalue weighted by Gasteiger charge is 2.34. The van der Waals surface area contributed by atoms with Crippen LogP contribution in [0.3, 0.4) is 0 Å². The van der Waals surface area contributed by atoms with Crippen molar-refractivity contribution in [2.75, 3.05) is 20.8 Å². The van der Waals surface area contributed by atoms with Crippen molar-refractivity contribution in [2.45, 2.75) is 6.92 Å². The molecule has 11 nitrogen and oxygen atoms in total. The van der Waals surface area contributed by atoms with Gasteiger partial charge in [-0.25, -0.2) is 19.1 Å². The predicted molar refractivity (Wildman–Crippen MR) is 88.9 cm³/mol. The number of nitrogens with zero attached hydrogens (tertiary/aromatic N) is 3. The second-order valence-electron chi connectivity index (χ2n) is 4.96. The van der Waals surface area contributed by atoms with E-state index in [-0.39, 0.29) is 23.7 Å².